The smallest absolute Gasteiger partial charge is 0.246 e. The standard InChI is InChI=1S/C33H45ClN4O4/c1-20-7-5-16-37(19-20)17-6-18-38-29(31(40)36-25-9-4-8-21(2)22(25)3)33-15-14-26(42-33)27(28(33)32(38)41)30(39)35-24-12-10-23(34)11-13-24/h10-15,20-22,25-29H,4-9,16-19H2,1-3H3,(H,35,39)(H,36,40)/t20-,21-,22-,25-,26+,27-,28+,29+,33+/m1/s1. The molecule has 9 heteroatoms. The summed E-state index contributed by atoms with van der Waals surface area (Å²) in [4.78, 5) is 46.3. The largest absolute Gasteiger partial charge is 0.359 e. The fraction of sp³-hybridized carbons (Fsp3) is 0.667. The molecule has 2 N–H and O–H groups in total. The average molecular weight is 597 g/mol. The van der Waals surface area contributed by atoms with Crippen LogP contribution in [0.2, 0.25) is 5.02 Å². The van der Waals surface area contributed by atoms with Crippen LogP contribution >= 0.6 is 11.6 Å². The maximum Gasteiger partial charge on any atom is 0.246 e. The third-order valence-electron chi connectivity index (χ3n) is 10.7. The van der Waals surface area contributed by atoms with Gasteiger partial charge in [0.2, 0.25) is 17.7 Å². The molecule has 3 saturated heterocycles. The number of benzene rings is 1. The normalized spacial score (nSPS) is 37.6. The molecule has 42 heavy (non-hydrogen) atoms. The van der Waals surface area contributed by atoms with Gasteiger partial charge in [0, 0.05) is 29.8 Å². The van der Waals surface area contributed by atoms with Crippen LogP contribution in [0.5, 0.6) is 0 Å². The van der Waals surface area contributed by atoms with Gasteiger partial charge in [0.15, 0.2) is 0 Å². The van der Waals surface area contributed by atoms with Crippen molar-refractivity contribution in [3.05, 3.63) is 41.4 Å². The molecule has 1 aromatic carbocycles. The molecule has 4 heterocycles. The minimum absolute atomic E-state index is 0.0649. The Bertz CT molecular complexity index is 1220. The number of hydrogen-bond donors (Lipinski definition) is 2. The van der Waals surface area contributed by atoms with Crippen LogP contribution in [0, 0.1) is 29.6 Å². The van der Waals surface area contributed by atoms with Crippen LogP contribution in [0.1, 0.15) is 59.3 Å². The molecule has 6 rings (SSSR count). The molecule has 4 fully saturated rings. The molecule has 2 bridgehead atoms. The van der Waals surface area contributed by atoms with E-state index in [1.165, 1.54) is 19.3 Å². The molecule has 228 valence electrons. The van der Waals surface area contributed by atoms with Gasteiger partial charge in [-0.15, -0.1) is 0 Å². The van der Waals surface area contributed by atoms with Gasteiger partial charge in [-0.1, -0.05) is 57.4 Å². The zero-order chi connectivity index (χ0) is 29.6. The van der Waals surface area contributed by atoms with E-state index in [4.69, 9.17) is 16.3 Å². The van der Waals surface area contributed by atoms with E-state index in [0.717, 1.165) is 38.9 Å². The predicted octanol–water partition coefficient (Wildman–Crippen LogP) is 4.49. The molecule has 0 radical (unpaired) electrons. The number of halogens is 1. The van der Waals surface area contributed by atoms with Crippen LogP contribution in [0.25, 0.3) is 0 Å². The van der Waals surface area contributed by atoms with Gasteiger partial charge in [0.1, 0.15) is 11.6 Å². The SMILES string of the molecule is C[C@@H]1CCCN(CCCN2C(=O)[C@@H]3[C@H](C(=O)Nc4ccc(Cl)cc4)[C@@H]4C=C[C@@]3(O4)[C@@H]2C(=O)N[C@@H]2CCC[C@@H](C)[C@H]2C)C1. The van der Waals surface area contributed by atoms with Crippen molar-refractivity contribution in [2.24, 2.45) is 29.6 Å². The summed E-state index contributed by atoms with van der Waals surface area (Å²) in [5, 5.41) is 6.89. The Morgan fingerprint density at radius 2 is 1.83 bits per heavy atom. The summed E-state index contributed by atoms with van der Waals surface area (Å²) >= 11 is 6.03. The Hall–Kier alpha value is -2.42. The first-order valence-corrected chi connectivity index (χ1v) is 16.3. The zero-order valence-corrected chi connectivity index (χ0v) is 25.8. The average Bonchev–Trinajstić information content (AvgIpc) is 3.60. The lowest BCUT2D eigenvalue weighted by atomic mass is 9.73. The van der Waals surface area contributed by atoms with E-state index in [-0.39, 0.29) is 23.8 Å². The number of rotatable bonds is 8. The van der Waals surface area contributed by atoms with Crippen molar-refractivity contribution >= 4 is 35.0 Å². The molecule has 0 aromatic heterocycles. The van der Waals surface area contributed by atoms with Crippen LogP contribution in [0.4, 0.5) is 5.69 Å². The van der Waals surface area contributed by atoms with Gasteiger partial charge in [0.05, 0.1) is 17.9 Å². The fourth-order valence-corrected chi connectivity index (χ4v) is 8.39. The summed E-state index contributed by atoms with van der Waals surface area (Å²) in [6.07, 6.45) is 9.64. The summed E-state index contributed by atoms with van der Waals surface area (Å²) in [5.74, 6) is -0.478. The lowest BCUT2D eigenvalue weighted by molar-refractivity contribution is -0.141. The van der Waals surface area contributed by atoms with E-state index in [2.05, 4.69) is 36.3 Å². The van der Waals surface area contributed by atoms with Crippen molar-refractivity contribution in [3.8, 4) is 0 Å². The van der Waals surface area contributed by atoms with Crippen LogP contribution in [0.15, 0.2) is 36.4 Å². The van der Waals surface area contributed by atoms with Gasteiger partial charge in [-0.05, 0) is 80.8 Å². The molecule has 1 aliphatic carbocycles. The van der Waals surface area contributed by atoms with Crippen molar-refractivity contribution < 1.29 is 19.1 Å². The van der Waals surface area contributed by atoms with E-state index in [9.17, 15) is 14.4 Å². The van der Waals surface area contributed by atoms with Gasteiger partial charge in [0.25, 0.3) is 0 Å². The first-order chi connectivity index (χ1) is 20.2. The van der Waals surface area contributed by atoms with Crippen molar-refractivity contribution in [3.63, 3.8) is 0 Å². The number of anilines is 1. The van der Waals surface area contributed by atoms with Gasteiger partial charge in [-0.3, -0.25) is 14.4 Å². The Morgan fingerprint density at radius 1 is 1.05 bits per heavy atom. The summed E-state index contributed by atoms with van der Waals surface area (Å²) < 4.78 is 6.53. The molecular formula is C33H45ClN4O4. The molecule has 5 aliphatic rings. The number of carbonyl (C=O) groups excluding carboxylic acids is 3. The number of amides is 3. The third-order valence-corrected chi connectivity index (χ3v) is 10.9. The summed E-state index contributed by atoms with van der Waals surface area (Å²) in [6.45, 7) is 10.2. The Kier molecular flexibility index (Phi) is 8.42. The molecular weight excluding hydrogens is 552 g/mol. The molecule has 1 aromatic rings. The Balaban J connectivity index is 1.24. The monoisotopic (exact) mass is 596 g/mol. The topological polar surface area (TPSA) is 91.0 Å². The van der Waals surface area contributed by atoms with Crippen LogP contribution in [-0.4, -0.2) is 77.5 Å². The minimum Gasteiger partial charge on any atom is -0.359 e. The van der Waals surface area contributed by atoms with E-state index in [1.54, 1.807) is 29.2 Å². The molecule has 8 nitrogen and oxygen atoms in total. The second-order valence-corrected chi connectivity index (χ2v) is 13.9. The third kappa shape index (κ3) is 5.39. The summed E-state index contributed by atoms with van der Waals surface area (Å²) in [6, 6.07) is 6.19. The number of fused-ring (bicyclic) bond motifs is 1. The number of piperidine rings is 1. The fourth-order valence-electron chi connectivity index (χ4n) is 8.27. The highest BCUT2D eigenvalue weighted by atomic mass is 35.5. The summed E-state index contributed by atoms with van der Waals surface area (Å²) in [5.41, 5.74) is -0.533. The van der Waals surface area contributed by atoms with Crippen LogP contribution in [0.3, 0.4) is 0 Å². The van der Waals surface area contributed by atoms with Crippen molar-refractivity contribution in [1.29, 1.82) is 0 Å². The number of carbonyl (C=O) groups is 3. The van der Waals surface area contributed by atoms with E-state index >= 15 is 0 Å². The first-order valence-electron chi connectivity index (χ1n) is 15.9. The Morgan fingerprint density at radius 3 is 2.60 bits per heavy atom. The number of nitrogens with zero attached hydrogens (tertiary/aromatic N) is 2. The zero-order valence-electron chi connectivity index (χ0n) is 25.1. The van der Waals surface area contributed by atoms with Gasteiger partial charge >= 0.3 is 0 Å². The molecule has 9 atom stereocenters. The molecule has 0 unspecified atom stereocenters. The van der Waals surface area contributed by atoms with Crippen molar-refractivity contribution in [1.82, 2.24) is 15.1 Å². The Labute approximate surface area is 254 Å². The molecule has 3 amide bonds. The second kappa shape index (κ2) is 11.9. The van der Waals surface area contributed by atoms with Crippen molar-refractivity contribution in [2.45, 2.75) is 83.1 Å². The van der Waals surface area contributed by atoms with E-state index in [0.29, 0.717) is 35.0 Å². The quantitative estimate of drug-likeness (QED) is 0.432. The maximum absolute atomic E-state index is 14.3. The highest BCUT2D eigenvalue weighted by Gasteiger charge is 2.72. The van der Waals surface area contributed by atoms with Crippen molar-refractivity contribution in [2.75, 3.05) is 31.5 Å². The van der Waals surface area contributed by atoms with Crippen LogP contribution in [-0.2, 0) is 19.1 Å². The molecule has 4 aliphatic heterocycles. The lowest BCUT2D eigenvalue weighted by Crippen LogP contribution is -2.58. The second-order valence-electron chi connectivity index (χ2n) is 13.5. The molecule has 1 spiro atoms. The molecule has 1 saturated carbocycles. The lowest BCUT2D eigenvalue weighted by Gasteiger charge is -2.38. The highest BCUT2D eigenvalue weighted by Crippen LogP contribution is 2.55. The van der Waals surface area contributed by atoms with E-state index < -0.39 is 29.6 Å². The number of nitrogens with one attached hydrogen (secondary N) is 2. The van der Waals surface area contributed by atoms with E-state index in [1.807, 2.05) is 12.2 Å². The predicted molar refractivity (Wildman–Crippen MR) is 163 cm³/mol. The number of likely N-dealkylation sites (tertiary alicyclic amines) is 2. The number of hydrogen-bond acceptors (Lipinski definition) is 5. The van der Waals surface area contributed by atoms with Gasteiger partial charge in [-0.25, -0.2) is 0 Å². The number of ether oxygens (including phenoxy) is 1. The van der Waals surface area contributed by atoms with Gasteiger partial charge in [-0.2, -0.15) is 0 Å². The minimum atomic E-state index is -1.14. The van der Waals surface area contributed by atoms with Gasteiger partial charge < -0.3 is 25.2 Å². The maximum atomic E-state index is 14.3. The summed E-state index contributed by atoms with van der Waals surface area (Å²) in [7, 11) is 0. The first kappa shape index (κ1) is 29.6. The highest BCUT2D eigenvalue weighted by molar-refractivity contribution is 6.30. The van der Waals surface area contributed by atoms with Crippen LogP contribution < -0.4 is 10.6 Å².